The molecule has 158 valence electrons. The molecule has 1 saturated carbocycles. The van der Waals surface area contributed by atoms with Crippen molar-refractivity contribution in [2.24, 2.45) is 23.2 Å². The van der Waals surface area contributed by atoms with E-state index in [9.17, 15) is 4.79 Å². The molecule has 5 nitrogen and oxygen atoms in total. The number of rotatable bonds is 6. The van der Waals surface area contributed by atoms with Gasteiger partial charge in [-0.3, -0.25) is 4.79 Å². The van der Waals surface area contributed by atoms with E-state index in [0.29, 0.717) is 5.92 Å². The summed E-state index contributed by atoms with van der Waals surface area (Å²) in [6.45, 7) is 6.27. The van der Waals surface area contributed by atoms with Crippen LogP contribution in [-0.4, -0.2) is 32.8 Å². The number of allylic oxidation sites excluding steroid dienone is 1. The first-order chi connectivity index (χ1) is 13.9. The van der Waals surface area contributed by atoms with Crippen molar-refractivity contribution in [3.05, 3.63) is 35.4 Å². The second-order valence-electron chi connectivity index (χ2n) is 9.26. The topological polar surface area (TPSA) is 61.4 Å². The van der Waals surface area contributed by atoms with E-state index in [1.165, 1.54) is 19.3 Å². The van der Waals surface area contributed by atoms with Gasteiger partial charge in [-0.15, -0.1) is 0 Å². The molecule has 2 fully saturated rings. The number of carbonyl (C=O) groups excluding carboxylic acids is 1. The molecule has 1 aromatic carbocycles. The molecule has 3 aliphatic rings. The summed E-state index contributed by atoms with van der Waals surface area (Å²) < 4.78 is 16.6. The Morgan fingerprint density at radius 1 is 1.24 bits per heavy atom. The van der Waals surface area contributed by atoms with E-state index in [1.54, 1.807) is 19.8 Å². The Morgan fingerprint density at radius 2 is 2.03 bits per heavy atom. The van der Waals surface area contributed by atoms with Crippen molar-refractivity contribution in [3.63, 3.8) is 0 Å². The van der Waals surface area contributed by atoms with Crippen molar-refractivity contribution in [1.29, 1.82) is 0 Å². The van der Waals surface area contributed by atoms with Gasteiger partial charge in [0, 0.05) is 11.5 Å². The summed E-state index contributed by atoms with van der Waals surface area (Å²) in [6, 6.07) is 5.98. The van der Waals surface area contributed by atoms with Gasteiger partial charge in [-0.1, -0.05) is 31.9 Å². The first-order valence-corrected chi connectivity index (χ1v) is 10.9. The lowest BCUT2D eigenvalue weighted by Gasteiger charge is -2.45. The molecule has 2 N–H and O–H groups in total. The summed E-state index contributed by atoms with van der Waals surface area (Å²) in [4.78, 5) is 12.7. The van der Waals surface area contributed by atoms with Crippen LogP contribution in [0.25, 0.3) is 0 Å². The molecule has 0 bridgehead atoms. The van der Waals surface area contributed by atoms with E-state index in [4.69, 9.17) is 14.2 Å². The number of carbonyl (C=O) groups is 1. The van der Waals surface area contributed by atoms with E-state index in [1.807, 2.05) is 18.2 Å². The molecule has 1 aromatic rings. The predicted octanol–water partition coefficient (Wildman–Crippen LogP) is 3.08. The zero-order chi connectivity index (χ0) is 20.6. The number of hydrogen-bond acceptors (Lipinski definition) is 4. The highest BCUT2D eigenvalue weighted by Gasteiger charge is 2.52. The van der Waals surface area contributed by atoms with Gasteiger partial charge in [0.25, 0.3) is 0 Å². The van der Waals surface area contributed by atoms with E-state index >= 15 is 0 Å². The van der Waals surface area contributed by atoms with Gasteiger partial charge in [0.2, 0.25) is 0 Å². The minimum absolute atomic E-state index is 0.0182. The van der Waals surface area contributed by atoms with Gasteiger partial charge in [-0.2, -0.15) is 0 Å². The number of fused-ring (bicyclic) bond motifs is 2. The molecule has 1 saturated heterocycles. The van der Waals surface area contributed by atoms with Gasteiger partial charge >= 0.3 is 5.97 Å². The molecule has 1 heterocycles. The highest BCUT2D eigenvalue weighted by atomic mass is 16.6. The molecular formula is C24H34NO4+. The zero-order valence-electron chi connectivity index (χ0n) is 18.1. The molecule has 0 aromatic heterocycles. The minimum atomic E-state index is -0.0497. The third-order valence-corrected chi connectivity index (χ3v) is 7.33. The summed E-state index contributed by atoms with van der Waals surface area (Å²) in [5.74, 6) is 2.26. The van der Waals surface area contributed by atoms with Gasteiger partial charge < -0.3 is 19.5 Å². The van der Waals surface area contributed by atoms with Gasteiger partial charge in [0.05, 0.1) is 20.8 Å². The first-order valence-electron chi connectivity index (χ1n) is 10.9. The Morgan fingerprint density at radius 3 is 2.79 bits per heavy atom. The van der Waals surface area contributed by atoms with E-state index < -0.39 is 0 Å². The summed E-state index contributed by atoms with van der Waals surface area (Å²) >= 11 is 0. The highest BCUT2D eigenvalue weighted by Crippen LogP contribution is 2.53. The van der Waals surface area contributed by atoms with Crippen LogP contribution >= 0.6 is 0 Å². The van der Waals surface area contributed by atoms with Crippen LogP contribution in [0.5, 0.6) is 11.5 Å². The summed E-state index contributed by atoms with van der Waals surface area (Å²) in [5, 5.41) is 2.21. The fourth-order valence-electron chi connectivity index (χ4n) is 5.75. The third kappa shape index (κ3) is 3.77. The predicted molar refractivity (Wildman–Crippen MR) is 111 cm³/mol. The quantitative estimate of drug-likeness (QED) is 0.589. The molecular weight excluding hydrogens is 366 g/mol. The number of quaternary nitrogens is 1. The maximum absolute atomic E-state index is 12.7. The average Bonchev–Trinajstić information content (AvgIpc) is 3.00. The Labute approximate surface area is 173 Å². The summed E-state index contributed by atoms with van der Waals surface area (Å²) in [7, 11) is 3.29. The smallest absolute Gasteiger partial charge is 0.315 e. The molecule has 1 aliphatic heterocycles. The Kier molecular flexibility index (Phi) is 5.60. The molecule has 0 unspecified atom stereocenters. The molecule has 2 aliphatic carbocycles. The van der Waals surface area contributed by atoms with Gasteiger partial charge in [-0.25, -0.2) is 0 Å². The van der Waals surface area contributed by atoms with Crippen LogP contribution < -0.4 is 14.8 Å². The second kappa shape index (κ2) is 8.02. The van der Waals surface area contributed by atoms with Gasteiger partial charge in [-0.05, 0) is 48.8 Å². The highest BCUT2D eigenvalue weighted by molar-refractivity contribution is 5.76. The van der Waals surface area contributed by atoms with Gasteiger partial charge in [0.15, 0.2) is 11.5 Å². The third-order valence-electron chi connectivity index (χ3n) is 7.33. The Bertz CT molecular complexity index is 804. The van der Waals surface area contributed by atoms with Crippen LogP contribution in [0, 0.1) is 23.2 Å². The molecule has 4 rings (SSSR count). The first kappa shape index (κ1) is 20.3. The molecule has 0 amide bonds. The van der Waals surface area contributed by atoms with Crippen molar-refractivity contribution in [2.75, 3.05) is 20.8 Å². The van der Waals surface area contributed by atoms with Crippen LogP contribution in [0.15, 0.2) is 29.8 Å². The zero-order valence-corrected chi connectivity index (χ0v) is 18.1. The van der Waals surface area contributed by atoms with E-state index in [0.717, 1.165) is 36.6 Å². The fourth-order valence-corrected chi connectivity index (χ4v) is 5.75. The lowest BCUT2D eigenvalue weighted by molar-refractivity contribution is -0.674. The molecule has 29 heavy (non-hydrogen) atoms. The van der Waals surface area contributed by atoms with Crippen LogP contribution in [0.4, 0.5) is 0 Å². The molecule has 0 spiro atoms. The van der Waals surface area contributed by atoms with Crippen LogP contribution in [0.1, 0.15) is 45.1 Å². The molecule has 0 radical (unpaired) electrons. The van der Waals surface area contributed by atoms with Gasteiger partial charge in [0.1, 0.15) is 18.6 Å². The molecule has 5 heteroatoms. The maximum atomic E-state index is 12.7. The van der Waals surface area contributed by atoms with Crippen molar-refractivity contribution < 1.29 is 24.3 Å². The summed E-state index contributed by atoms with van der Waals surface area (Å²) in [5.41, 5.74) is 2.95. The average molecular weight is 401 g/mol. The Hall–Kier alpha value is -2.01. The van der Waals surface area contributed by atoms with E-state index in [-0.39, 0.29) is 29.3 Å². The van der Waals surface area contributed by atoms with Crippen LogP contribution in [-0.2, 0) is 16.1 Å². The monoisotopic (exact) mass is 400 g/mol. The van der Waals surface area contributed by atoms with Crippen molar-refractivity contribution in [2.45, 2.75) is 52.2 Å². The van der Waals surface area contributed by atoms with Crippen molar-refractivity contribution in [3.8, 4) is 11.5 Å². The standard InChI is InChI=1S/C24H33NO4/c1-15-6-5-9-24(2)12-22-17(11-19(15)24)18(23(26)29-22)14-25-13-16-7-8-20(27-3)21(10-16)28-4/h7-8,10-11,15,17-18,22,25H,5-6,9,12-14H2,1-4H3/p+1/t15-,17+,18-,22+,24+/m0/s1. The SMILES string of the molecule is COc1ccc(C[NH2+]C[C@@H]2C(=O)O[C@@H]3C[C@@]4(C)CCC[C@H](C)C4=C[C@H]23)cc1OC. The number of hydrogen-bond donors (Lipinski definition) is 1. The van der Waals surface area contributed by atoms with Crippen LogP contribution in [0.2, 0.25) is 0 Å². The normalized spacial score (nSPS) is 33.4. The minimum Gasteiger partial charge on any atom is -0.493 e. The van der Waals surface area contributed by atoms with Crippen LogP contribution in [0.3, 0.4) is 0 Å². The number of methoxy groups -OCH3 is 2. The fraction of sp³-hybridized carbons (Fsp3) is 0.625. The largest absolute Gasteiger partial charge is 0.493 e. The number of benzene rings is 1. The number of esters is 1. The molecule has 5 atom stereocenters. The van der Waals surface area contributed by atoms with Crippen molar-refractivity contribution in [1.82, 2.24) is 0 Å². The number of nitrogens with two attached hydrogens (primary N) is 1. The lowest BCUT2D eigenvalue weighted by atomic mass is 9.59. The lowest BCUT2D eigenvalue weighted by Crippen LogP contribution is -2.84. The van der Waals surface area contributed by atoms with Crippen molar-refractivity contribution >= 4 is 5.97 Å². The van der Waals surface area contributed by atoms with E-state index in [2.05, 4.69) is 25.2 Å². The number of ether oxygens (including phenoxy) is 3. The Balaban J connectivity index is 1.44. The summed E-state index contributed by atoms with van der Waals surface area (Å²) in [6.07, 6.45) is 7.25. The second-order valence-corrected chi connectivity index (χ2v) is 9.26. The maximum Gasteiger partial charge on any atom is 0.315 e.